The van der Waals surface area contributed by atoms with Crippen molar-refractivity contribution in [3.05, 3.63) is 29.8 Å². The zero-order chi connectivity index (χ0) is 8.27. The first-order chi connectivity index (χ1) is 5.25. The van der Waals surface area contributed by atoms with E-state index in [0.717, 1.165) is 0 Å². The van der Waals surface area contributed by atoms with Crippen LogP contribution in [0.4, 0.5) is 0 Å². The molecule has 2 heteroatoms. The second-order valence-corrected chi connectivity index (χ2v) is 1.80. The first kappa shape index (κ1) is 5.47. The molecule has 0 amide bonds. The quantitative estimate of drug-likeness (QED) is 0.577. The third-order valence-corrected chi connectivity index (χ3v) is 1.22. The summed E-state index contributed by atoms with van der Waals surface area (Å²) in [5.74, 6) is 0.451. The molecule has 2 nitrogen and oxygen atoms in total. The molecule has 0 saturated carbocycles. The molecule has 0 N–H and O–H groups in total. The highest BCUT2D eigenvalue weighted by Gasteiger charge is 1.96. The first-order valence-electron chi connectivity index (χ1n) is 3.39. The number of ether oxygens (including phenoxy) is 1. The van der Waals surface area contributed by atoms with Gasteiger partial charge in [-0.05, 0) is 12.1 Å². The van der Waals surface area contributed by atoms with Crippen molar-refractivity contribution in [1.82, 2.24) is 0 Å². The number of rotatable bonds is 2. The van der Waals surface area contributed by atoms with Crippen molar-refractivity contribution in [3.63, 3.8) is 0 Å². The Balaban J connectivity index is 3.12. The van der Waals surface area contributed by atoms with Crippen LogP contribution < -0.4 is 4.74 Å². The lowest BCUT2D eigenvalue weighted by Crippen LogP contribution is -1.88. The van der Waals surface area contributed by atoms with Crippen LogP contribution in [0.25, 0.3) is 0 Å². The summed E-state index contributed by atoms with van der Waals surface area (Å²) in [6.07, 6.45) is -0.720. The second-order valence-electron chi connectivity index (χ2n) is 1.80. The van der Waals surface area contributed by atoms with E-state index in [1.165, 1.54) is 7.11 Å². The van der Waals surface area contributed by atoms with E-state index in [1.807, 2.05) is 0 Å². The summed E-state index contributed by atoms with van der Waals surface area (Å²) in [6, 6.07) is 6.67. The Morgan fingerprint density at radius 1 is 1.60 bits per heavy atom. The van der Waals surface area contributed by atoms with Crippen LogP contribution in [0.15, 0.2) is 24.3 Å². The summed E-state index contributed by atoms with van der Waals surface area (Å²) in [4.78, 5) is 10.6. The maximum absolute atomic E-state index is 10.6. The lowest BCUT2D eigenvalue weighted by atomic mass is 10.2. The highest BCUT2D eigenvalue weighted by atomic mass is 16.5. The summed E-state index contributed by atoms with van der Waals surface area (Å²) in [5, 5.41) is 0. The molecule has 0 fully saturated rings. The number of methoxy groups -OCH3 is 1. The average molecular weight is 137 g/mol. The van der Waals surface area contributed by atoms with Gasteiger partial charge in [-0.1, -0.05) is 12.1 Å². The Bertz CT molecular complexity index is 271. The normalized spacial score (nSPS) is 10.3. The minimum absolute atomic E-state index is 0.301. The first-order valence-corrected chi connectivity index (χ1v) is 2.89. The van der Waals surface area contributed by atoms with Gasteiger partial charge in [0.15, 0.2) is 6.26 Å². The summed E-state index contributed by atoms with van der Waals surface area (Å²) < 4.78 is 11.7. The molecule has 0 unspecified atom stereocenters. The largest absolute Gasteiger partial charge is 0.496 e. The maximum Gasteiger partial charge on any atom is 0.153 e. The highest BCUT2D eigenvalue weighted by molar-refractivity contribution is 5.79. The lowest BCUT2D eigenvalue weighted by Gasteiger charge is -1.99. The lowest BCUT2D eigenvalue weighted by molar-refractivity contribution is 0.112. The van der Waals surface area contributed by atoms with Gasteiger partial charge in [0.1, 0.15) is 7.12 Å². The van der Waals surface area contributed by atoms with Crippen molar-refractivity contribution in [1.29, 1.82) is 0 Å². The number of para-hydroxylation sites is 1. The Labute approximate surface area is 60.8 Å². The van der Waals surface area contributed by atoms with Crippen LogP contribution in [0.5, 0.6) is 5.75 Å². The number of aldehydes is 1. The molecule has 0 spiro atoms. The summed E-state index contributed by atoms with van der Waals surface area (Å²) in [5.41, 5.74) is 0.301. The molecular weight excluding hydrogens is 128 g/mol. The molecule has 0 aliphatic heterocycles. The Morgan fingerprint density at radius 2 is 2.30 bits per heavy atom. The SMILES string of the molecule is [2H]C(=O)c1ccccc1OC. The van der Waals surface area contributed by atoms with Crippen LogP contribution in [0.2, 0.25) is 0 Å². The van der Waals surface area contributed by atoms with Crippen molar-refractivity contribution >= 4 is 6.26 Å². The fourth-order valence-electron chi connectivity index (χ4n) is 0.729. The van der Waals surface area contributed by atoms with Gasteiger partial charge in [-0.25, -0.2) is 0 Å². The Hall–Kier alpha value is -1.31. The third kappa shape index (κ3) is 1.16. The molecule has 0 aliphatic rings. The molecule has 0 aromatic heterocycles. The van der Waals surface area contributed by atoms with Gasteiger partial charge in [0.2, 0.25) is 0 Å². The number of carbonyl (C=O) groups is 1. The van der Waals surface area contributed by atoms with E-state index in [-0.39, 0.29) is 0 Å². The summed E-state index contributed by atoms with van der Waals surface area (Å²) in [7, 11) is 1.47. The van der Waals surface area contributed by atoms with Gasteiger partial charge in [0, 0.05) is 0 Å². The van der Waals surface area contributed by atoms with Crippen molar-refractivity contribution in [2.24, 2.45) is 0 Å². The predicted octanol–water partition coefficient (Wildman–Crippen LogP) is 1.51. The number of hydrogen-bond donors (Lipinski definition) is 0. The van der Waals surface area contributed by atoms with Gasteiger partial charge < -0.3 is 4.74 Å². The summed E-state index contributed by atoms with van der Waals surface area (Å²) in [6.45, 7) is 0. The van der Waals surface area contributed by atoms with Crippen molar-refractivity contribution < 1.29 is 10.9 Å². The van der Waals surface area contributed by atoms with E-state index in [4.69, 9.17) is 6.11 Å². The minimum Gasteiger partial charge on any atom is -0.496 e. The predicted molar refractivity (Wildman–Crippen MR) is 38.4 cm³/mol. The van der Waals surface area contributed by atoms with Gasteiger partial charge >= 0.3 is 0 Å². The van der Waals surface area contributed by atoms with Crippen LogP contribution in [0.3, 0.4) is 0 Å². The summed E-state index contributed by atoms with van der Waals surface area (Å²) >= 11 is 0. The van der Waals surface area contributed by atoms with Crippen LogP contribution in [-0.2, 0) is 0 Å². The van der Waals surface area contributed by atoms with Crippen LogP contribution in [0, 0.1) is 0 Å². The highest BCUT2D eigenvalue weighted by Crippen LogP contribution is 2.13. The van der Waals surface area contributed by atoms with E-state index in [9.17, 15) is 4.79 Å². The number of benzene rings is 1. The maximum atomic E-state index is 10.6. The second kappa shape index (κ2) is 3.01. The molecule has 10 heavy (non-hydrogen) atoms. The van der Waals surface area contributed by atoms with Crippen molar-refractivity contribution in [2.45, 2.75) is 0 Å². The topological polar surface area (TPSA) is 26.3 Å². The van der Waals surface area contributed by atoms with Gasteiger partial charge in [-0.15, -0.1) is 0 Å². The molecule has 0 radical (unpaired) electrons. The molecule has 0 atom stereocenters. The minimum atomic E-state index is -0.720. The van der Waals surface area contributed by atoms with E-state index >= 15 is 0 Å². The van der Waals surface area contributed by atoms with Crippen molar-refractivity contribution in [2.75, 3.05) is 7.11 Å². The Kier molecular flexibility index (Phi) is 1.65. The smallest absolute Gasteiger partial charge is 0.153 e. The van der Waals surface area contributed by atoms with E-state index in [2.05, 4.69) is 0 Å². The third-order valence-electron chi connectivity index (χ3n) is 1.22. The Morgan fingerprint density at radius 3 is 2.80 bits per heavy atom. The van der Waals surface area contributed by atoms with Crippen molar-refractivity contribution in [3.8, 4) is 5.75 Å². The van der Waals surface area contributed by atoms with E-state index < -0.39 is 6.26 Å². The van der Waals surface area contributed by atoms with Gasteiger partial charge in [0.25, 0.3) is 0 Å². The molecule has 1 rings (SSSR count). The number of carbonyl (C=O) groups excluding carboxylic acids is 1. The van der Waals surface area contributed by atoms with Crippen LogP contribution in [-0.4, -0.2) is 13.4 Å². The molecule has 0 bridgehead atoms. The average Bonchev–Trinajstić information content (AvgIpc) is 2.04. The number of hydrogen-bond acceptors (Lipinski definition) is 2. The van der Waals surface area contributed by atoms with Crippen LogP contribution >= 0.6 is 0 Å². The van der Waals surface area contributed by atoms with E-state index in [1.54, 1.807) is 24.3 Å². The zero-order valence-electron chi connectivity index (χ0n) is 6.63. The fourth-order valence-corrected chi connectivity index (χ4v) is 0.729. The van der Waals surface area contributed by atoms with Gasteiger partial charge in [-0.3, -0.25) is 4.79 Å². The van der Waals surface area contributed by atoms with E-state index in [0.29, 0.717) is 11.3 Å². The zero-order valence-corrected chi connectivity index (χ0v) is 5.63. The molecule has 0 saturated heterocycles. The molecule has 1 aromatic rings. The van der Waals surface area contributed by atoms with Gasteiger partial charge in [-0.2, -0.15) is 0 Å². The van der Waals surface area contributed by atoms with Gasteiger partial charge in [0.05, 0.1) is 12.7 Å². The monoisotopic (exact) mass is 137 g/mol. The fraction of sp³-hybridized carbons (Fsp3) is 0.125. The van der Waals surface area contributed by atoms with Crippen LogP contribution in [0.1, 0.15) is 11.7 Å². The standard InChI is InChI=1S/C8H8O2/c1-10-8-5-3-2-4-7(8)6-9/h2-6H,1H3/i6D. The molecule has 0 aliphatic carbocycles. The molecule has 52 valence electrons. The molecule has 0 heterocycles. The molecule has 1 aromatic carbocycles. The molecular formula is C8H8O2.